The third-order valence-electron chi connectivity index (χ3n) is 2.57. The number of amides is 1. The first-order valence-electron chi connectivity index (χ1n) is 5.93. The Balaban J connectivity index is 2.64. The Kier molecular flexibility index (Phi) is 5.95. The number of nitrogens with one attached hydrogen (secondary N) is 2. The first-order chi connectivity index (χ1) is 8.58. The molecule has 5 heteroatoms. The molecule has 18 heavy (non-hydrogen) atoms. The standard InChI is InChI=1S/C13H19ClN2O2/c1-4-15-8-9(2)13(17)16-10-5-6-11(14)12(7-10)18-3/h5-7,9,15H,4,8H2,1-3H3,(H,16,17). The highest BCUT2D eigenvalue weighted by Gasteiger charge is 2.13. The van der Waals surface area contributed by atoms with Gasteiger partial charge < -0.3 is 15.4 Å². The van der Waals surface area contributed by atoms with Crippen LogP contribution in [0.5, 0.6) is 5.75 Å². The van der Waals surface area contributed by atoms with Gasteiger partial charge in [0.15, 0.2) is 0 Å². The average molecular weight is 271 g/mol. The summed E-state index contributed by atoms with van der Waals surface area (Å²) in [4.78, 5) is 11.9. The van der Waals surface area contributed by atoms with E-state index in [2.05, 4.69) is 10.6 Å². The van der Waals surface area contributed by atoms with Gasteiger partial charge in [0.2, 0.25) is 5.91 Å². The summed E-state index contributed by atoms with van der Waals surface area (Å²) in [5, 5.41) is 6.50. The predicted octanol–water partition coefficient (Wildman–Crippen LogP) is 2.53. The number of benzene rings is 1. The van der Waals surface area contributed by atoms with Gasteiger partial charge in [-0.3, -0.25) is 4.79 Å². The molecule has 1 atom stereocenters. The molecule has 1 rings (SSSR count). The summed E-state index contributed by atoms with van der Waals surface area (Å²) >= 11 is 5.92. The highest BCUT2D eigenvalue weighted by Crippen LogP contribution is 2.27. The van der Waals surface area contributed by atoms with E-state index in [4.69, 9.17) is 16.3 Å². The second kappa shape index (κ2) is 7.24. The van der Waals surface area contributed by atoms with Crippen molar-refractivity contribution >= 4 is 23.2 Å². The number of halogens is 1. The topological polar surface area (TPSA) is 50.4 Å². The Morgan fingerprint density at radius 3 is 2.83 bits per heavy atom. The normalized spacial score (nSPS) is 12.0. The summed E-state index contributed by atoms with van der Waals surface area (Å²) in [7, 11) is 1.54. The summed E-state index contributed by atoms with van der Waals surface area (Å²) in [6.07, 6.45) is 0. The number of rotatable bonds is 6. The molecule has 0 radical (unpaired) electrons. The summed E-state index contributed by atoms with van der Waals surface area (Å²) < 4.78 is 5.10. The summed E-state index contributed by atoms with van der Waals surface area (Å²) in [5.41, 5.74) is 0.685. The highest BCUT2D eigenvalue weighted by atomic mass is 35.5. The molecule has 1 amide bonds. The van der Waals surface area contributed by atoms with Crippen LogP contribution in [0.15, 0.2) is 18.2 Å². The van der Waals surface area contributed by atoms with Crippen molar-refractivity contribution in [1.29, 1.82) is 0 Å². The van der Waals surface area contributed by atoms with Gasteiger partial charge in [-0.25, -0.2) is 0 Å². The number of anilines is 1. The van der Waals surface area contributed by atoms with Gasteiger partial charge in [-0.05, 0) is 18.7 Å². The van der Waals surface area contributed by atoms with Crippen molar-refractivity contribution in [2.24, 2.45) is 5.92 Å². The number of hydrogen-bond acceptors (Lipinski definition) is 3. The zero-order valence-corrected chi connectivity index (χ0v) is 11.7. The van der Waals surface area contributed by atoms with Crippen LogP contribution in [0.25, 0.3) is 0 Å². The van der Waals surface area contributed by atoms with Crippen LogP contribution in [0.2, 0.25) is 5.02 Å². The Hall–Kier alpha value is -1.26. The quantitative estimate of drug-likeness (QED) is 0.835. The molecule has 0 heterocycles. The van der Waals surface area contributed by atoms with Crippen LogP contribution in [-0.4, -0.2) is 26.1 Å². The summed E-state index contributed by atoms with van der Waals surface area (Å²) in [5.74, 6) is 0.431. The molecule has 0 saturated heterocycles. The second-order valence-electron chi connectivity index (χ2n) is 4.05. The maximum atomic E-state index is 11.9. The van der Waals surface area contributed by atoms with E-state index in [0.717, 1.165) is 6.54 Å². The van der Waals surface area contributed by atoms with Crippen LogP contribution in [0.1, 0.15) is 13.8 Å². The maximum Gasteiger partial charge on any atom is 0.228 e. The Labute approximate surface area is 113 Å². The number of hydrogen-bond donors (Lipinski definition) is 2. The van der Waals surface area contributed by atoms with Gasteiger partial charge in [0.1, 0.15) is 5.75 Å². The molecule has 0 bridgehead atoms. The van der Waals surface area contributed by atoms with E-state index in [0.29, 0.717) is 23.0 Å². The minimum atomic E-state index is -0.0911. The minimum absolute atomic E-state index is 0.0275. The minimum Gasteiger partial charge on any atom is -0.495 e. The van der Waals surface area contributed by atoms with Crippen LogP contribution in [0.3, 0.4) is 0 Å². The molecule has 4 nitrogen and oxygen atoms in total. The lowest BCUT2D eigenvalue weighted by molar-refractivity contribution is -0.119. The molecule has 0 aromatic heterocycles. The highest BCUT2D eigenvalue weighted by molar-refractivity contribution is 6.32. The molecule has 1 unspecified atom stereocenters. The van der Waals surface area contributed by atoms with Crippen LogP contribution in [0.4, 0.5) is 5.69 Å². The molecular formula is C13H19ClN2O2. The second-order valence-corrected chi connectivity index (χ2v) is 4.45. The van der Waals surface area contributed by atoms with E-state index in [1.165, 1.54) is 0 Å². The molecular weight excluding hydrogens is 252 g/mol. The van der Waals surface area contributed by atoms with Crippen molar-refractivity contribution < 1.29 is 9.53 Å². The fraction of sp³-hybridized carbons (Fsp3) is 0.462. The van der Waals surface area contributed by atoms with Crippen molar-refractivity contribution in [2.75, 3.05) is 25.5 Å². The smallest absolute Gasteiger partial charge is 0.228 e. The van der Waals surface area contributed by atoms with Gasteiger partial charge in [0.25, 0.3) is 0 Å². The van der Waals surface area contributed by atoms with Crippen molar-refractivity contribution in [1.82, 2.24) is 5.32 Å². The molecule has 0 fully saturated rings. The van der Waals surface area contributed by atoms with Crippen molar-refractivity contribution in [2.45, 2.75) is 13.8 Å². The third-order valence-corrected chi connectivity index (χ3v) is 2.88. The predicted molar refractivity (Wildman–Crippen MR) is 74.3 cm³/mol. The lowest BCUT2D eigenvalue weighted by Crippen LogP contribution is -2.30. The van der Waals surface area contributed by atoms with Gasteiger partial charge in [0, 0.05) is 24.2 Å². The van der Waals surface area contributed by atoms with Crippen LogP contribution < -0.4 is 15.4 Å². The maximum absolute atomic E-state index is 11.9. The van der Waals surface area contributed by atoms with Gasteiger partial charge in [-0.15, -0.1) is 0 Å². The third kappa shape index (κ3) is 4.20. The largest absolute Gasteiger partial charge is 0.495 e. The van der Waals surface area contributed by atoms with Crippen molar-refractivity contribution in [3.63, 3.8) is 0 Å². The zero-order valence-electron chi connectivity index (χ0n) is 10.9. The van der Waals surface area contributed by atoms with Crippen molar-refractivity contribution in [3.05, 3.63) is 23.2 Å². The molecule has 100 valence electrons. The molecule has 1 aromatic carbocycles. The number of carbonyl (C=O) groups excluding carboxylic acids is 1. The van der Waals surface area contributed by atoms with Crippen LogP contribution in [0, 0.1) is 5.92 Å². The first kappa shape index (κ1) is 14.8. The fourth-order valence-electron chi connectivity index (χ4n) is 1.46. The number of ether oxygens (including phenoxy) is 1. The number of methoxy groups -OCH3 is 1. The monoisotopic (exact) mass is 270 g/mol. The average Bonchev–Trinajstić information content (AvgIpc) is 2.37. The van der Waals surface area contributed by atoms with E-state index < -0.39 is 0 Å². The molecule has 0 aliphatic heterocycles. The Bertz CT molecular complexity index is 410. The lowest BCUT2D eigenvalue weighted by atomic mass is 10.1. The van der Waals surface area contributed by atoms with E-state index >= 15 is 0 Å². The van der Waals surface area contributed by atoms with Gasteiger partial charge in [-0.1, -0.05) is 25.4 Å². The Morgan fingerprint density at radius 2 is 2.22 bits per heavy atom. The molecule has 0 saturated carbocycles. The van der Waals surface area contributed by atoms with Crippen molar-refractivity contribution in [3.8, 4) is 5.75 Å². The molecule has 0 aliphatic carbocycles. The molecule has 2 N–H and O–H groups in total. The molecule has 1 aromatic rings. The SMILES string of the molecule is CCNCC(C)C(=O)Nc1ccc(Cl)c(OC)c1. The van der Waals surface area contributed by atoms with E-state index in [9.17, 15) is 4.79 Å². The van der Waals surface area contributed by atoms with Gasteiger partial charge in [0.05, 0.1) is 12.1 Å². The summed E-state index contributed by atoms with van der Waals surface area (Å²) in [6.45, 7) is 5.40. The van der Waals surface area contributed by atoms with Gasteiger partial charge in [-0.2, -0.15) is 0 Å². The molecule has 0 spiro atoms. The Morgan fingerprint density at radius 1 is 1.50 bits per heavy atom. The van der Waals surface area contributed by atoms with Gasteiger partial charge >= 0.3 is 0 Å². The van der Waals surface area contributed by atoms with E-state index in [-0.39, 0.29) is 11.8 Å². The van der Waals surface area contributed by atoms with E-state index in [1.807, 2.05) is 13.8 Å². The van der Waals surface area contributed by atoms with E-state index in [1.54, 1.807) is 25.3 Å². The summed E-state index contributed by atoms with van der Waals surface area (Å²) in [6, 6.07) is 5.16. The first-order valence-corrected chi connectivity index (χ1v) is 6.31. The number of carbonyl (C=O) groups is 1. The molecule has 0 aliphatic rings. The van der Waals surface area contributed by atoms with Crippen LogP contribution in [-0.2, 0) is 4.79 Å². The fourth-order valence-corrected chi connectivity index (χ4v) is 1.65. The lowest BCUT2D eigenvalue weighted by Gasteiger charge is -2.13. The van der Waals surface area contributed by atoms with Crippen LogP contribution >= 0.6 is 11.6 Å². The zero-order chi connectivity index (χ0) is 13.5.